The van der Waals surface area contributed by atoms with Gasteiger partial charge in [0, 0.05) is 23.2 Å². The Bertz CT molecular complexity index is 955. The van der Waals surface area contributed by atoms with Crippen molar-refractivity contribution in [1.29, 1.82) is 0 Å². The quantitative estimate of drug-likeness (QED) is 0.678. The fourth-order valence-corrected chi connectivity index (χ4v) is 2.71. The zero-order valence-electron chi connectivity index (χ0n) is 16.2. The minimum Gasteiger partial charge on any atom is -0.443 e. The molecule has 2 N–H and O–H groups in total. The van der Waals surface area contributed by atoms with Crippen LogP contribution >= 0.6 is 0 Å². The average Bonchev–Trinajstić information content (AvgIpc) is 3.10. The van der Waals surface area contributed by atoms with Crippen LogP contribution in [0.25, 0.3) is 11.3 Å². The van der Waals surface area contributed by atoms with Gasteiger partial charge in [-0.1, -0.05) is 30.3 Å². The summed E-state index contributed by atoms with van der Waals surface area (Å²) in [6.07, 6.45) is 2.10. The van der Waals surface area contributed by atoms with Crippen LogP contribution in [0, 0.1) is 0 Å². The molecular weight excluding hydrogens is 354 g/mol. The summed E-state index contributed by atoms with van der Waals surface area (Å²) >= 11 is 0. The molecule has 0 saturated carbocycles. The number of aromatic nitrogens is 1. The Morgan fingerprint density at radius 1 is 0.964 bits per heavy atom. The predicted molar refractivity (Wildman–Crippen MR) is 108 cm³/mol. The van der Waals surface area contributed by atoms with E-state index in [0.717, 1.165) is 16.8 Å². The predicted octanol–water partition coefficient (Wildman–Crippen LogP) is 3.79. The highest BCUT2D eigenvalue weighted by molar-refractivity contribution is 6.39. The third kappa shape index (κ3) is 5.07. The molecule has 0 radical (unpaired) electrons. The maximum absolute atomic E-state index is 12.0. The number of carbonyl (C=O) groups excluding carboxylic acids is 2. The van der Waals surface area contributed by atoms with Gasteiger partial charge in [-0.3, -0.25) is 9.59 Å². The molecule has 6 nitrogen and oxygen atoms in total. The first-order chi connectivity index (χ1) is 13.3. The van der Waals surface area contributed by atoms with Crippen molar-refractivity contribution in [2.24, 2.45) is 0 Å². The van der Waals surface area contributed by atoms with E-state index in [-0.39, 0.29) is 0 Å². The topological polar surface area (TPSA) is 84.2 Å². The molecule has 1 heterocycles. The highest BCUT2D eigenvalue weighted by atomic mass is 16.3. The lowest BCUT2D eigenvalue weighted by atomic mass is 10.1. The average molecular weight is 377 g/mol. The van der Waals surface area contributed by atoms with Crippen molar-refractivity contribution in [2.75, 3.05) is 5.32 Å². The third-order valence-electron chi connectivity index (χ3n) is 3.96. The van der Waals surface area contributed by atoms with E-state index in [4.69, 9.17) is 4.42 Å². The van der Waals surface area contributed by atoms with E-state index in [0.29, 0.717) is 17.9 Å². The Balaban J connectivity index is 1.69. The van der Waals surface area contributed by atoms with Crippen molar-refractivity contribution in [2.45, 2.75) is 32.7 Å². The van der Waals surface area contributed by atoms with Gasteiger partial charge in [-0.2, -0.15) is 0 Å². The summed E-state index contributed by atoms with van der Waals surface area (Å²) in [6, 6.07) is 17.1. The Morgan fingerprint density at radius 3 is 2.29 bits per heavy atom. The second-order valence-electron chi connectivity index (χ2n) is 7.53. The molecule has 3 aromatic rings. The first kappa shape index (κ1) is 19.4. The molecule has 6 heteroatoms. The SMILES string of the molecule is CC(C)(C)NC(=O)C(=O)Nc1ccc(-c2ocnc2Cc2ccccc2)cc1. The molecule has 0 aliphatic carbocycles. The number of hydrogen-bond acceptors (Lipinski definition) is 4. The Hall–Kier alpha value is -3.41. The van der Waals surface area contributed by atoms with E-state index in [2.05, 4.69) is 15.6 Å². The fraction of sp³-hybridized carbons (Fsp3) is 0.227. The molecule has 1 aromatic heterocycles. The number of rotatable bonds is 4. The van der Waals surface area contributed by atoms with Crippen LogP contribution in [0.5, 0.6) is 0 Å². The summed E-state index contributed by atoms with van der Waals surface area (Å²) < 4.78 is 5.57. The lowest BCUT2D eigenvalue weighted by Gasteiger charge is -2.19. The molecule has 3 rings (SSSR count). The molecule has 0 saturated heterocycles. The van der Waals surface area contributed by atoms with Gasteiger partial charge in [0.25, 0.3) is 0 Å². The molecule has 0 aliphatic heterocycles. The number of benzene rings is 2. The van der Waals surface area contributed by atoms with E-state index < -0.39 is 17.4 Å². The van der Waals surface area contributed by atoms with E-state index in [1.54, 1.807) is 12.1 Å². The van der Waals surface area contributed by atoms with Crippen molar-refractivity contribution < 1.29 is 14.0 Å². The van der Waals surface area contributed by atoms with Crippen molar-refractivity contribution in [3.05, 3.63) is 72.2 Å². The van der Waals surface area contributed by atoms with Crippen molar-refractivity contribution in [3.63, 3.8) is 0 Å². The van der Waals surface area contributed by atoms with Gasteiger partial charge in [0.05, 0.1) is 5.69 Å². The number of anilines is 1. The minimum atomic E-state index is -0.702. The third-order valence-corrected chi connectivity index (χ3v) is 3.96. The van der Waals surface area contributed by atoms with Gasteiger partial charge in [-0.15, -0.1) is 0 Å². The second kappa shape index (κ2) is 8.08. The van der Waals surface area contributed by atoms with E-state index >= 15 is 0 Å². The van der Waals surface area contributed by atoms with Gasteiger partial charge in [-0.05, 0) is 50.6 Å². The molecule has 2 amide bonds. The van der Waals surface area contributed by atoms with Gasteiger partial charge in [0.1, 0.15) is 0 Å². The van der Waals surface area contributed by atoms with Crippen LogP contribution in [0.2, 0.25) is 0 Å². The minimum absolute atomic E-state index is 0.472. The molecule has 144 valence electrons. The van der Waals surface area contributed by atoms with Crippen LogP contribution < -0.4 is 10.6 Å². The zero-order chi connectivity index (χ0) is 20.1. The lowest BCUT2D eigenvalue weighted by molar-refractivity contribution is -0.137. The van der Waals surface area contributed by atoms with Gasteiger partial charge in [-0.25, -0.2) is 4.98 Å². The summed E-state index contributed by atoms with van der Waals surface area (Å²) in [7, 11) is 0. The summed E-state index contributed by atoms with van der Waals surface area (Å²) in [6.45, 7) is 5.45. The van der Waals surface area contributed by atoms with Gasteiger partial charge < -0.3 is 15.1 Å². The monoisotopic (exact) mass is 377 g/mol. The van der Waals surface area contributed by atoms with E-state index in [9.17, 15) is 9.59 Å². The smallest absolute Gasteiger partial charge is 0.313 e. The summed E-state index contributed by atoms with van der Waals surface area (Å²) in [5.41, 5.74) is 2.89. The molecule has 0 atom stereocenters. The number of nitrogens with one attached hydrogen (secondary N) is 2. The molecule has 0 aliphatic rings. The molecule has 0 fully saturated rings. The van der Waals surface area contributed by atoms with Crippen LogP contribution in [0.15, 0.2) is 65.4 Å². The molecule has 0 bridgehead atoms. The molecule has 0 spiro atoms. The maximum Gasteiger partial charge on any atom is 0.313 e. The summed E-state index contributed by atoms with van der Waals surface area (Å²) in [5, 5.41) is 5.22. The van der Waals surface area contributed by atoms with Crippen LogP contribution in [0.4, 0.5) is 5.69 Å². The largest absolute Gasteiger partial charge is 0.443 e. The van der Waals surface area contributed by atoms with Gasteiger partial charge >= 0.3 is 11.8 Å². The number of hydrogen-bond donors (Lipinski definition) is 2. The van der Waals surface area contributed by atoms with E-state index in [1.807, 2.05) is 63.2 Å². The number of nitrogens with zero attached hydrogens (tertiary/aromatic N) is 1. The first-order valence-electron chi connectivity index (χ1n) is 9.02. The highest BCUT2D eigenvalue weighted by Gasteiger charge is 2.20. The number of amides is 2. The normalized spacial score (nSPS) is 11.1. The van der Waals surface area contributed by atoms with Crippen molar-refractivity contribution >= 4 is 17.5 Å². The zero-order valence-corrected chi connectivity index (χ0v) is 16.2. The Morgan fingerprint density at radius 2 is 1.64 bits per heavy atom. The second-order valence-corrected chi connectivity index (χ2v) is 7.53. The molecule has 0 unspecified atom stereocenters. The number of oxazole rings is 1. The Labute approximate surface area is 164 Å². The van der Waals surface area contributed by atoms with Gasteiger partial charge in [0.2, 0.25) is 0 Å². The Kier molecular flexibility index (Phi) is 5.59. The highest BCUT2D eigenvalue weighted by Crippen LogP contribution is 2.26. The van der Waals surface area contributed by atoms with Crippen molar-refractivity contribution in [3.8, 4) is 11.3 Å². The molecular formula is C22H23N3O3. The first-order valence-corrected chi connectivity index (χ1v) is 9.02. The maximum atomic E-state index is 12.0. The van der Waals surface area contributed by atoms with E-state index in [1.165, 1.54) is 6.39 Å². The summed E-state index contributed by atoms with van der Waals surface area (Å²) in [5.74, 6) is -0.684. The molecule has 2 aromatic carbocycles. The van der Waals surface area contributed by atoms with Crippen LogP contribution in [0.3, 0.4) is 0 Å². The van der Waals surface area contributed by atoms with Crippen LogP contribution in [-0.4, -0.2) is 22.3 Å². The fourth-order valence-electron chi connectivity index (χ4n) is 2.71. The lowest BCUT2D eigenvalue weighted by Crippen LogP contribution is -2.46. The molecule has 28 heavy (non-hydrogen) atoms. The van der Waals surface area contributed by atoms with Crippen LogP contribution in [0.1, 0.15) is 32.0 Å². The van der Waals surface area contributed by atoms with Crippen LogP contribution in [-0.2, 0) is 16.0 Å². The van der Waals surface area contributed by atoms with Crippen molar-refractivity contribution in [1.82, 2.24) is 10.3 Å². The standard InChI is InChI=1S/C22H23N3O3/c1-22(2,3)25-21(27)20(26)24-17-11-9-16(10-12-17)19-18(23-14-28-19)13-15-7-5-4-6-8-15/h4-12,14H,13H2,1-3H3,(H,24,26)(H,25,27). The summed E-state index contributed by atoms with van der Waals surface area (Å²) in [4.78, 5) is 28.2. The van der Waals surface area contributed by atoms with Gasteiger partial charge in [0.15, 0.2) is 12.2 Å². The number of carbonyl (C=O) groups is 2.